The molecule has 0 aliphatic heterocycles. The van der Waals surface area contributed by atoms with Gasteiger partial charge in [0.2, 0.25) is 5.91 Å². The second-order valence-corrected chi connectivity index (χ2v) is 9.51. The van der Waals surface area contributed by atoms with Crippen molar-refractivity contribution < 1.29 is 4.79 Å². The van der Waals surface area contributed by atoms with Crippen molar-refractivity contribution in [1.82, 2.24) is 15.8 Å². The minimum Gasteiger partial charge on any atom is -0.303 e. The Labute approximate surface area is 195 Å². The fourth-order valence-corrected chi connectivity index (χ4v) is 4.07. The van der Waals surface area contributed by atoms with Gasteiger partial charge in [-0.3, -0.25) is 10.2 Å². The molecule has 0 atom stereocenters. The Balaban J connectivity index is 3.22. The Hall–Kier alpha value is -0.610. The van der Waals surface area contributed by atoms with Gasteiger partial charge >= 0.3 is 0 Å². The predicted octanol–water partition coefficient (Wildman–Crippen LogP) is 7.73. The number of hydrazine groups is 1. The summed E-state index contributed by atoms with van der Waals surface area (Å²) >= 11 is 0. The molecule has 0 saturated carbocycles. The van der Waals surface area contributed by atoms with Gasteiger partial charge in [-0.1, -0.05) is 129 Å². The van der Waals surface area contributed by atoms with Crippen LogP contribution in [0.15, 0.2) is 0 Å². The van der Waals surface area contributed by atoms with E-state index in [4.69, 9.17) is 0 Å². The summed E-state index contributed by atoms with van der Waals surface area (Å²) in [6.45, 7) is 6.24. The smallest absolute Gasteiger partial charge is 0.234 e. The van der Waals surface area contributed by atoms with Crippen LogP contribution in [0.25, 0.3) is 0 Å². The standard InChI is InChI=1S/C27H57N3O/c1-4-6-8-9-10-11-12-13-14-15-16-17-18-19-20-21-22-24-27(31)29-30(3)26-28-25-23-7-5-2/h28H,4-26H2,1-3H3,(H,29,31). The number of nitrogens with zero attached hydrogens (tertiary/aromatic N) is 1. The fourth-order valence-electron chi connectivity index (χ4n) is 4.07. The molecule has 4 heteroatoms. The Morgan fingerprint density at radius 1 is 0.581 bits per heavy atom. The van der Waals surface area contributed by atoms with Gasteiger partial charge in [0.25, 0.3) is 0 Å². The van der Waals surface area contributed by atoms with Gasteiger partial charge in [-0.2, -0.15) is 0 Å². The first kappa shape index (κ1) is 30.4. The second kappa shape index (κ2) is 25.6. The van der Waals surface area contributed by atoms with Crippen molar-refractivity contribution in [2.75, 3.05) is 20.3 Å². The topological polar surface area (TPSA) is 44.4 Å². The maximum absolute atomic E-state index is 12.0. The van der Waals surface area contributed by atoms with Crippen molar-refractivity contribution in [3.8, 4) is 0 Å². The lowest BCUT2D eigenvalue weighted by molar-refractivity contribution is -0.125. The van der Waals surface area contributed by atoms with Crippen molar-refractivity contribution in [3.05, 3.63) is 0 Å². The van der Waals surface area contributed by atoms with Gasteiger partial charge in [0.15, 0.2) is 0 Å². The number of hydrogen-bond donors (Lipinski definition) is 2. The van der Waals surface area contributed by atoms with Gasteiger partial charge in [0.05, 0.1) is 6.67 Å². The van der Waals surface area contributed by atoms with Crippen molar-refractivity contribution in [2.45, 2.75) is 149 Å². The monoisotopic (exact) mass is 439 g/mol. The summed E-state index contributed by atoms with van der Waals surface area (Å²) in [4.78, 5) is 12.0. The fraction of sp³-hybridized carbons (Fsp3) is 0.963. The molecular weight excluding hydrogens is 382 g/mol. The molecule has 0 radical (unpaired) electrons. The van der Waals surface area contributed by atoms with Crippen LogP contribution < -0.4 is 10.7 Å². The molecule has 0 aromatic carbocycles. The van der Waals surface area contributed by atoms with Crippen molar-refractivity contribution in [3.63, 3.8) is 0 Å². The molecule has 0 rings (SSSR count). The minimum absolute atomic E-state index is 0.152. The number of nitrogens with one attached hydrogen (secondary N) is 2. The molecule has 0 spiro atoms. The van der Waals surface area contributed by atoms with Crippen LogP contribution in [-0.4, -0.2) is 31.2 Å². The van der Waals surface area contributed by atoms with Gasteiger partial charge in [-0.05, 0) is 19.4 Å². The van der Waals surface area contributed by atoms with Crippen molar-refractivity contribution in [1.29, 1.82) is 0 Å². The maximum atomic E-state index is 12.0. The summed E-state index contributed by atoms with van der Waals surface area (Å²) in [5.74, 6) is 0.152. The zero-order valence-electron chi connectivity index (χ0n) is 21.6. The van der Waals surface area contributed by atoms with E-state index in [9.17, 15) is 4.79 Å². The number of unbranched alkanes of at least 4 members (excludes halogenated alkanes) is 18. The van der Waals surface area contributed by atoms with Crippen LogP contribution in [0.1, 0.15) is 149 Å². The molecule has 0 bridgehead atoms. The quantitative estimate of drug-likeness (QED) is 0.0869. The average molecular weight is 440 g/mol. The number of carbonyl (C=O) groups excluding carboxylic acids is 1. The maximum Gasteiger partial charge on any atom is 0.234 e. The highest BCUT2D eigenvalue weighted by Gasteiger charge is 2.04. The Morgan fingerprint density at radius 3 is 1.42 bits per heavy atom. The van der Waals surface area contributed by atoms with E-state index in [1.807, 2.05) is 12.1 Å². The van der Waals surface area contributed by atoms with Gasteiger partial charge in [0, 0.05) is 13.5 Å². The van der Waals surface area contributed by atoms with Crippen LogP contribution in [0, 0.1) is 0 Å². The molecule has 0 unspecified atom stereocenters. The van der Waals surface area contributed by atoms with E-state index >= 15 is 0 Å². The zero-order chi connectivity index (χ0) is 22.8. The minimum atomic E-state index is 0.152. The molecule has 31 heavy (non-hydrogen) atoms. The highest BCUT2D eigenvalue weighted by Crippen LogP contribution is 2.14. The predicted molar refractivity (Wildman–Crippen MR) is 137 cm³/mol. The van der Waals surface area contributed by atoms with Crippen LogP contribution in [-0.2, 0) is 4.79 Å². The van der Waals surface area contributed by atoms with Crippen molar-refractivity contribution >= 4 is 5.91 Å². The molecule has 0 aromatic rings. The van der Waals surface area contributed by atoms with E-state index in [1.54, 1.807) is 0 Å². The largest absolute Gasteiger partial charge is 0.303 e. The highest BCUT2D eigenvalue weighted by molar-refractivity contribution is 5.75. The first-order valence-corrected chi connectivity index (χ1v) is 13.9. The SMILES string of the molecule is CCCCCCCCCCCCCCCCCCCC(=O)NN(C)CNCCCCC. The summed E-state index contributed by atoms with van der Waals surface area (Å²) in [6.07, 6.45) is 27.7. The van der Waals surface area contributed by atoms with Crippen LogP contribution >= 0.6 is 0 Å². The molecular formula is C27H57N3O. The van der Waals surface area contributed by atoms with Gasteiger partial charge in [-0.25, -0.2) is 5.01 Å². The first-order chi connectivity index (χ1) is 15.2. The summed E-state index contributed by atoms with van der Waals surface area (Å²) < 4.78 is 0. The van der Waals surface area contributed by atoms with Crippen LogP contribution in [0.3, 0.4) is 0 Å². The van der Waals surface area contributed by atoms with E-state index in [0.717, 1.165) is 13.0 Å². The lowest BCUT2D eigenvalue weighted by Crippen LogP contribution is -2.44. The summed E-state index contributed by atoms with van der Waals surface area (Å²) in [7, 11) is 1.93. The van der Waals surface area contributed by atoms with Gasteiger partial charge < -0.3 is 5.32 Å². The van der Waals surface area contributed by atoms with E-state index in [0.29, 0.717) is 13.1 Å². The van der Waals surface area contributed by atoms with Crippen LogP contribution in [0.4, 0.5) is 0 Å². The van der Waals surface area contributed by atoms with Crippen LogP contribution in [0.5, 0.6) is 0 Å². The van der Waals surface area contributed by atoms with E-state index < -0.39 is 0 Å². The molecule has 0 aliphatic rings. The van der Waals surface area contributed by atoms with E-state index in [1.165, 1.54) is 122 Å². The molecule has 0 aromatic heterocycles. The molecule has 186 valence electrons. The number of amides is 1. The molecule has 1 amide bonds. The van der Waals surface area contributed by atoms with Gasteiger partial charge in [0.1, 0.15) is 0 Å². The summed E-state index contributed by atoms with van der Waals surface area (Å²) in [6, 6.07) is 0. The molecule has 0 heterocycles. The first-order valence-electron chi connectivity index (χ1n) is 13.9. The lowest BCUT2D eigenvalue weighted by Gasteiger charge is -2.18. The number of hydrogen-bond acceptors (Lipinski definition) is 3. The van der Waals surface area contributed by atoms with Crippen molar-refractivity contribution in [2.24, 2.45) is 0 Å². The Morgan fingerprint density at radius 2 is 0.968 bits per heavy atom. The molecule has 2 N–H and O–H groups in total. The third kappa shape index (κ3) is 25.5. The second-order valence-electron chi connectivity index (χ2n) is 9.51. The summed E-state index contributed by atoms with van der Waals surface area (Å²) in [5.41, 5.74) is 2.96. The molecule has 0 aliphatic carbocycles. The summed E-state index contributed by atoms with van der Waals surface area (Å²) in [5, 5.41) is 5.23. The molecule has 4 nitrogen and oxygen atoms in total. The Kier molecular flexibility index (Phi) is 25.1. The van der Waals surface area contributed by atoms with Crippen LogP contribution in [0.2, 0.25) is 0 Å². The molecule has 0 saturated heterocycles. The normalized spacial score (nSPS) is 11.4. The molecule has 0 fully saturated rings. The Bertz CT molecular complexity index is 362. The van der Waals surface area contributed by atoms with Gasteiger partial charge in [-0.15, -0.1) is 0 Å². The van der Waals surface area contributed by atoms with E-state index in [2.05, 4.69) is 24.6 Å². The highest BCUT2D eigenvalue weighted by atomic mass is 16.2. The zero-order valence-corrected chi connectivity index (χ0v) is 21.6. The average Bonchev–Trinajstić information content (AvgIpc) is 2.75. The third-order valence-corrected chi connectivity index (χ3v) is 6.13. The third-order valence-electron chi connectivity index (χ3n) is 6.13. The lowest BCUT2D eigenvalue weighted by atomic mass is 10.0. The number of rotatable bonds is 25. The van der Waals surface area contributed by atoms with E-state index in [-0.39, 0.29) is 5.91 Å². The number of carbonyl (C=O) groups is 1.